The Morgan fingerprint density at radius 2 is 2.20 bits per heavy atom. The molecule has 0 fully saturated rings. The average Bonchev–Trinajstić information content (AvgIpc) is 2.90. The molecule has 0 aromatic carbocycles. The average molecular weight is 316 g/mol. The molecule has 114 valence electrons. The maximum atomic E-state index is 12.3. The van der Waals surface area contributed by atoms with Crippen LogP contribution >= 0.6 is 11.3 Å². The van der Waals surface area contributed by atoms with Crippen molar-refractivity contribution in [3.8, 4) is 0 Å². The van der Waals surface area contributed by atoms with Crippen molar-refractivity contribution in [3.63, 3.8) is 0 Å². The van der Waals surface area contributed by atoms with Crippen LogP contribution < -0.4 is 5.32 Å². The molecule has 0 unspecified atom stereocenters. The summed E-state index contributed by atoms with van der Waals surface area (Å²) >= 11 is 1.74. The van der Waals surface area contributed by atoms with Crippen molar-refractivity contribution in [2.75, 3.05) is 25.4 Å². The summed E-state index contributed by atoms with van der Waals surface area (Å²) < 4.78 is 26.3. The highest BCUT2D eigenvalue weighted by Gasteiger charge is 2.26. The van der Waals surface area contributed by atoms with Gasteiger partial charge in [-0.05, 0) is 55.8 Å². The van der Waals surface area contributed by atoms with Crippen LogP contribution in [0.1, 0.15) is 36.6 Å². The van der Waals surface area contributed by atoms with E-state index in [1.54, 1.807) is 15.6 Å². The van der Waals surface area contributed by atoms with E-state index in [0.29, 0.717) is 13.1 Å². The van der Waals surface area contributed by atoms with E-state index >= 15 is 0 Å². The number of sulfonamides is 1. The van der Waals surface area contributed by atoms with Gasteiger partial charge >= 0.3 is 0 Å². The lowest BCUT2D eigenvalue weighted by Gasteiger charge is -2.26. The van der Waals surface area contributed by atoms with Crippen LogP contribution in [0.3, 0.4) is 0 Å². The zero-order chi connectivity index (χ0) is 14.4. The molecule has 1 aromatic heterocycles. The van der Waals surface area contributed by atoms with E-state index in [2.05, 4.69) is 23.7 Å². The Bertz CT molecular complexity index is 511. The van der Waals surface area contributed by atoms with E-state index in [1.807, 2.05) is 0 Å². The molecule has 1 aliphatic rings. The van der Waals surface area contributed by atoms with Gasteiger partial charge in [0.25, 0.3) is 0 Å². The summed E-state index contributed by atoms with van der Waals surface area (Å²) in [4.78, 5) is 1.35. The number of thiophene rings is 1. The van der Waals surface area contributed by atoms with Crippen LogP contribution in [-0.2, 0) is 23.0 Å². The second-order valence-corrected chi connectivity index (χ2v) is 8.31. The van der Waals surface area contributed by atoms with Crippen LogP contribution in [0.5, 0.6) is 0 Å². The molecule has 0 atom stereocenters. The summed E-state index contributed by atoms with van der Waals surface area (Å²) in [5, 5.41) is 5.36. The second kappa shape index (κ2) is 7.54. The molecule has 2 heterocycles. The van der Waals surface area contributed by atoms with Crippen molar-refractivity contribution in [2.24, 2.45) is 0 Å². The highest BCUT2D eigenvalue weighted by atomic mass is 32.2. The van der Waals surface area contributed by atoms with Gasteiger partial charge < -0.3 is 5.32 Å². The second-order valence-electron chi connectivity index (χ2n) is 5.23. The number of nitrogens with one attached hydrogen (secondary N) is 1. The molecule has 20 heavy (non-hydrogen) atoms. The van der Waals surface area contributed by atoms with Gasteiger partial charge in [0.15, 0.2) is 0 Å². The molecule has 2 rings (SSSR count). The quantitative estimate of drug-likeness (QED) is 0.748. The molecule has 0 amide bonds. The van der Waals surface area contributed by atoms with Gasteiger partial charge in [0.1, 0.15) is 0 Å². The van der Waals surface area contributed by atoms with Crippen LogP contribution in [0.15, 0.2) is 11.4 Å². The predicted octanol–water partition coefficient (Wildman–Crippen LogP) is 2.22. The largest absolute Gasteiger partial charge is 0.317 e. The summed E-state index contributed by atoms with van der Waals surface area (Å²) in [5.74, 6) is 0.278. The van der Waals surface area contributed by atoms with Crippen molar-refractivity contribution in [3.05, 3.63) is 21.9 Å². The molecule has 0 saturated heterocycles. The predicted molar refractivity (Wildman–Crippen MR) is 84.6 cm³/mol. The van der Waals surface area contributed by atoms with Gasteiger partial charge in [0.2, 0.25) is 10.0 Å². The first-order valence-electron chi connectivity index (χ1n) is 7.37. The first-order chi connectivity index (χ1) is 9.63. The number of hydrogen-bond donors (Lipinski definition) is 1. The molecule has 0 aliphatic carbocycles. The fraction of sp³-hybridized carbons (Fsp3) is 0.714. The summed E-state index contributed by atoms with van der Waals surface area (Å²) in [7, 11) is -3.09. The number of hydrogen-bond acceptors (Lipinski definition) is 4. The maximum absolute atomic E-state index is 12.3. The monoisotopic (exact) mass is 316 g/mol. The van der Waals surface area contributed by atoms with Crippen LogP contribution in [0, 0.1) is 0 Å². The van der Waals surface area contributed by atoms with Crippen molar-refractivity contribution < 1.29 is 8.42 Å². The Hall–Kier alpha value is -0.430. The molecular formula is C14H24N2O2S2. The number of rotatable bonds is 8. The lowest BCUT2D eigenvalue weighted by Crippen LogP contribution is -2.37. The van der Waals surface area contributed by atoms with Crippen LogP contribution in [-0.4, -0.2) is 38.1 Å². The highest BCUT2D eigenvalue weighted by molar-refractivity contribution is 7.89. The molecule has 1 aromatic rings. The first kappa shape index (κ1) is 15.9. The van der Waals surface area contributed by atoms with Crippen LogP contribution in [0.25, 0.3) is 0 Å². The number of nitrogens with zero attached hydrogens (tertiary/aromatic N) is 1. The molecular weight excluding hydrogens is 292 g/mol. The zero-order valence-electron chi connectivity index (χ0n) is 12.1. The third kappa shape index (κ3) is 4.28. The smallest absolute Gasteiger partial charge is 0.214 e. The van der Waals surface area contributed by atoms with E-state index in [4.69, 9.17) is 0 Å². The molecule has 0 radical (unpaired) electrons. The third-order valence-electron chi connectivity index (χ3n) is 3.60. The van der Waals surface area contributed by atoms with Crippen LogP contribution in [0.4, 0.5) is 0 Å². The standard InChI is InChI=1S/C14H24N2O2S2/c1-2-7-15-8-3-4-11-20(17,18)16-9-5-14-13(12-16)6-10-19-14/h6,10,15H,2-5,7-9,11-12H2,1H3. The Morgan fingerprint density at radius 1 is 1.35 bits per heavy atom. The third-order valence-corrected chi connectivity index (χ3v) is 6.52. The van der Waals surface area contributed by atoms with Gasteiger partial charge in [-0.2, -0.15) is 4.31 Å². The van der Waals surface area contributed by atoms with Gasteiger partial charge in [0, 0.05) is 18.0 Å². The highest BCUT2D eigenvalue weighted by Crippen LogP contribution is 2.25. The minimum absolute atomic E-state index is 0.278. The van der Waals surface area contributed by atoms with Crippen molar-refractivity contribution >= 4 is 21.4 Å². The van der Waals surface area contributed by atoms with Crippen LogP contribution in [0.2, 0.25) is 0 Å². The molecule has 0 bridgehead atoms. The topological polar surface area (TPSA) is 49.4 Å². The van der Waals surface area contributed by atoms with Gasteiger partial charge in [-0.25, -0.2) is 8.42 Å². The molecule has 1 aliphatic heterocycles. The van der Waals surface area contributed by atoms with E-state index in [-0.39, 0.29) is 5.75 Å². The minimum atomic E-state index is -3.09. The number of unbranched alkanes of at least 4 members (excludes halogenated alkanes) is 1. The summed E-state index contributed by atoms with van der Waals surface area (Å²) in [6, 6.07) is 2.05. The summed E-state index contributed by atoms with van der Waals surface area (Å²) in [6.07, 6.45) is 3.65. The summed E-state index contributed by atoms with van der Waals surface area (Å²) in [5.41, 5.74) is 1.19. The lowest BCUT2D eigenvalue weighted by atomic mass is 10.1. The zero-order valence-corrected chi connectivity index (χ0v) is 13.7. The van der Waals surface area contributed by atoms with Crippen molar-refractivity contribution in [2.45, 2.75) is 39.2 Å². The SMILES string of the molecule is CCCNCCCCS(=O)(=O)N1CCc2sccc2C1. The van der Waals surface area contributed by atoms with Gasteiger partial charge in [0.05, 0.1) is 5.75 Å². The fourth-order valence-corrected chi connectivity index (χ4v) is 4.85. The fourth-order valence-electron chi connectivity index (χ4n) is 2.43. The van der Waals surface area contributed by atoms with E-state index < -0.39 is 10.0 Å². The van der Waals surface area contributed by atoms with Gasteiger partial charge in [-0.1, -0.05) is 6.92 Å². The van der Waals surface area contributed by atoms with Gasteiger partial charge in [-0.3, -0.25) is 0 Å². The van der Waals surface area contributed by atoms with Gasteiger partial charge in [-0.15, -0.1) is 11.3 Å². The number of fused-ring (bicyclic) bond motifs is 1. The van der Waals surface area contributed by atoms with E-state index in [1.165, 1.54) is 10.4 Å². The molecule has 4 nitrogen and oxygen atoms in total. The maximum Gasteiger partial charge on any atom is 0.214 e. The Labute approximate surface area is 126 Å². The van der Waals surface area contributed by atoms with E-state index in [0.717, 1.165) is 38.8 Å². The summed E-state index contributed by atoms with van der Waals surface area (Å²) in [6.45, 7) is 5.27. The van der Waals surface area contributed by atoms with Crippen molar-refractivity contribution in [1.82, 2.24) is 9.62 Å². The Kier molecular flexibility index (Phi) is 6.01. The molecule has 0 spiro atoms. The lowest BCUT2D eigenvalue weighted by molar-refractivity contribution is 0.393. The normalized spacial score (nSPS) is 16.2. The molecule has 0 saturated carbocycles. The van der Waals surface area contributed by atoms with Crippen molar-refractivity contribution in [1.29, 1.82) is 0 Å². The molecule has 6 heteroatoms. The Balaban J connectivity index is 1.77. The molecule has 1 N–H and O–H groups in total. The minimum Gasteiger partial charge on any atom is -0.317 e. The Morgan fingerprint density at radius 3 is 3.00 bits per heavy atom. The van der Waals surface area contributed by atoms with E-state index in [9.17, 15) is 8.42 Å². The first-order valence-corrected chi connectivity index (χ1v) is 9.86.